The number of aromatic nitrogens is 1. The van der Waals surface area contributed by atoms with E-state index < -0.39 is 5.91 Å². The number of methoxy groups -OCH3 is 1. The summed E-state index contributed by atoms with van der Waals surface area (Å²) in [5.74, 6) is -0.428. The molecule has 0 atom stereocenters. The summed E-state index contributed by atoms with van der Waals surface area (Å²) in [6.07, 6.45) is 1.60. The summed E-state index contributed by atoms with van der Waals surface area (Å²) in [6, 6.07) is 18.3. The van der Waals surface area contributed by atoms with Crippen LogP contribution in [0.3, 0.4) is 0 Å². The Labute approximate surface area is 209 Å². The summed E-state index contributed by atoms with van der Waals surface area (Å²) in [5, 5.41) is 2.87. The molecular weight excluding hydrogens is 457 g/mol. The summed E-state index contributed by atoms with van der Waals surface area (Å²) in [4.78, 5) is 25.2. The number of hydrogen-bond acceptors (Lipinski definition) is 4. The van der Waals surface area contributed by atoms with Gasteiger partial charge in [0.15, 0.2) is 0 Å². The number of nitrogens with zero attached hydrogens (tertiary/aromatic N) is 1. The molecule has 0 aliphatic heterocycles. The molecule has 0 fully saturated rings. The van der Waals surface area contributed by atoms with Gasteiger partial charge in [-0.3, -0.25) is 9.59 Å². The van der Waals surface area contributed by atoms with E-state index in [2.05, 4.69) is 5.32 Å². The minimum absolute atomic E-state index is 0.0446. The maximum Gasteiger partial charge on any atom is 0.263 e. The molecule has 3 aromatic carbocycles. The molecule has 6 nitrogen and oxygen atoms in total. The van der Waals surface area contributed by atoms with Crippen LogP contribution in [0.15, 0.2) is 71.7 Å². The van der Waals surface area contributed by atoms with Crippen LogP contribution in [0, 0.1) is 19.7 Å². The number of hydrogen-bond donors (Lipinski definition) is 2. The van der Waals surface area contributed by atoms with E-state index in [4.69, 9.17) is 10.5 Å². The van der Waals surface area contributed by atoms with E-state index in [0.717, 1.165) is 22.3 Å². The molecule has 0 bridgehead atoms. The topological polar surface area (TPSA) is 86.3 Å². The van der Waals surface area contributed by atoms with E-state index in [0.29, 0.717) is 28.1 Å². The lowest BCUT2D eigenvalue weighted by atomic mass is 9.92. The fourth-order valence-corrected chi connectivity index (χ4v) is 4.35. The maximum absolute atomic E-state index is 15.0. The highest BCUT2D eigenvalue weighted by molar-refractivity contribution is 6.04. The molecule has 184 valence electrons. The monoisotopic (exact) mass is 485 g/mol. The zero-order valence-electron chi connectivity index (χ0n) is 20.7. The number of nitrogens with two attached hydrogens (primary N) is 1. The number of pyridine rings is 1. The van der Waals surface area contributed by atoms with Gasteiger partial charge in [-0.1, -0.05) is 30.3 Å². The van der Waals surface area contributed by atoms with Gasteiger partial charge in [0, 0.05) is 31.0 Å². The van der Waals surface area contributed by atoms with E-state index in [1.54, 1.807) is 32.3 Å². The lowest BCUT2D eigenvalue weighted by Gasteiger charge is -2.16. The van der Waals surface area contributed by atoms with Gasteiger partial charge in [-0.2, -0.15) is 0 Å². The molecule has 36 heavy (non-hydrogen) atoms. The number of rotatable bonds is 6. The van der Waals surface area contributed by atoms with Crippen LogP contribution in [0.4, 0.5) is 10.1 Å². The minimum Gasteiger partial charge on any atom is -0.496 e. The van der Waals surface area contributed by atoms with Crippen molar-refractivity contribution in [3.8, 4) is 28.0 Å². The first kappa shape index (κ1) is 24.9. The molecule has 4 rings (SSSR count). The predicted octanol–water partition coefficient (Wildman–Crippen LogP) is 5.19. The standard InChI is InChI=1S/C29H28FN3O3/c1-17-21(10-6-12-25(17)32-28(34)22-11-7-13-33(3)29(22)35)19-8-5-9-20(14-19)23-15-26(36-4)24(16-31)27(30)18(23)2/h5-15H,16,31H2,1-4H3,(H,32,34). The molecule has 0 aliphatic carbocycles. The summed E-state index contributed by atoms with van der Waals surface area (Å²) in [5.41, 5.74) is 11.1. The number of aryl methyl sites for hydroxylation is 1. The van der Waals surface area contributed by atoms with Crippen LogP contribution in [0.5, 0.6) is 5.75 Å². The molecule has 3 N–H and O–H groups in total. The van der Waals surface area contributed by atoms with Gasteiger partial charge in [-0.25, -0.2) is 4.39 Å². The number of amides is 1. The van der Waals surface area contributed by atoms with Gasteiger partial charge in [-0.15, -0.1) is 0 Å². The zero-order chi connectivity index (χ0) is 26.0. The molecule has 1 aromatic heterocycles. The van der Waals surface area contributed by atoms with E-state index >= 15 is 4.39 Å². The van der Waals surface area contributed by atoms with Crippen LogP contribution in [-0.2, 0) is 13.6 Å². The number of nitrogens with one attached hydrogen (secondary N) is 1. The van der Waals surface area contributed by atoms with Gasteiger partial charge >= 0.3 is 0 Å². The minimum atomic E-state index is -0.469. The van der Waals surface area contributed by atoms with Gasteiger partial charge in [0.25, 0.3) is 11.5 Å². The lowest BCUT2D eigenvalue weighted by Crippen LogP contribution is -2.27. The lowest BCUT2D eigenvalue weighted by molar-refractivity contribution is 0.102. The molecule has 0 unspecified atom stereocenters. The number of halogens is 1. The van der Waals surface area contributed by atoms with Gasteiger partial charge in [0.05, 0.1) is 7.11 Å². The quantitative estimate of drug-likeness (QED) is 0.393. The van der Waals surface area contributed by atoms with Crippen LogP contribution in [0.1, 0.15) is 27.0 Å². The second-order valence-electron chi connectivity index (χ2n) is 8.60. The van der Waals surface area contributed by atoms with Crippen molar-refractivity contribution in [2.75, 3.05) is 12.4 Å². The van der Waals surface area contributed by atoms with Crippen molar-refractivity contribution in [1.82, 2.24) is 4.57 Å². The van der Waals surface area contributed by atoms with Gasteiger partial charge < -0.3 is 20.4 Å². The molecule has 0 spiro atoms. The normalized spacial score (nSPS) is 10.8. The number of carbonyl (C=O) groups is 1. The van der Waals surface area contributed by atoms with Crippen molar-refractivity contribution in [2.24, 2.45) is 12.8 Å². The average molecular weight is 486 g/mol. The van der Waals surface area contributed by atoms with Crippen LogP contribution in [-0.4, -0.2) is 17.6 Å². The third kappa shape index (κ3) is 4.53. The largest absolute Gasteiger partial charge is 0.496 e. The Morgan fingerprint density at radius 1 is 1.00 bits per heavy atom. The molecule has 0 saturated carbocycles. The first-order chi connectivity index (χ1) is 17.3. The Hall–Kier alpha value is -4.23. The first-order valence-corrected chi connectivity index (χ1v) is 11.5. The number of ether oxygens (including phenoxy) is 1. The Bertz CT molecular complexity index is 1530. The third-order valence-electron chi connectivity index (χ3n) is 6.43. The highest BCUT2D eigenvalue weighted by Crippen LogP contribution is 2.36. The highest BCUT2D eigenvalue weighted by atomic mass is 19.1. The van der Waals surface area contributed by atoms with Crippen molar-refractivity contribution in [2.45, 2.75) is 20.4 Å². The van der Waals surface area contributed by atoms with E-state index in [1.807, 2.05) is 49.4 Å². The first-order valence-electron chi connectivity index (χ1n) is 11.5. The van der Waals surface area contributed by atoms with E-state index in [-0.39, 0.29) is 23.5 Å². The molecular formula is C29H28FN3O3. The zero-order valence-corrected chi connectivity index (χ0v) is 20.7. The van der Waals surface area contributed by atoms with E-state index in [1.165, 1.54) is 17.7 Å². The maximum atomic E-state index is 15.0. The fourth-order valence-electron chi connectivity index (χ4n) is 4.35. The molecule has 1 heterocycles. The van der Waals surface area contributed by atoms with Crippen LogP contribution >= 0.6 is 0 Å². The van der Waals surface area contributed by atoms with Crippen LogP contribution in [0.25, 0.3) is 22.3 Å². The van der Waals surface area contributed by atoms with E-state index in [9.17, 15) is 9.59 Å². The predicted molar refractivity (Wildman–Crippen MR) is 141 cm³/mol. The summed E-state index contributed by atoms with van der Waals surface area (Å²) in [7, 11) is 3.10. The smallest absolute Gasteiger partial charge is 0.263 e. The summed E-state index contributed by atoms with van der Waals surface area (Å²) < 4.78 is 21.8. The molecule has 0 saturated heterocycles. The van der Waals surface area contributed by atoms with Crippen molar-refractivity contribution in [1.29, 1.82) is 0 Å². The number of benzene rings is 3. The van der Waals surface area contributed by atoms with Crippen LogP contribution < -0.4 is 21.3 Å². The second-order valence-corrected chi connectivity index (χ2v) is 8.60. The Kier molecular flexibility index (Phi) is 7.03. The van der Waals surface area contributed by atoms with Gasteiger partial charge in [0.1, 0.15) is 17.1 Å². The average Bonchev–Trinajstić information content (AvgIpc) is 2.88. The summed E-state index contributed by atoms with van der Waals surface area (Å²) in [6.45, 7) is 3.68. The molecule has 0 radical (unpaired) electrons. The molecule has 7 heteroatoms. The Morgan fingerprint density at radius 2 is 1.69 bits per heavy atom. The molecule has 1 amide bonds. The third-order valence-corrected chi connectivity index (χ3v) is 6.43. The molecule has 4 aromatic rings. The number of carbonyl (C=O) groups excluding carboxylic acids is 1. The molecule has 0 aliphatic rings. The Morgan fingerprint density at radius 3 is 2.39 bits per heavy atom. The summed E-state index contributed by atoms with van der Waals surface area (Å²) >= 11 is 0. The fraction of sp³-hybridized carbons (Fsp3) is 0.172. The van der Waals surface area contributed by atoms with Gasteiger partial charge in [-0.05, 0) is 77.6 Å². The van der Waals surface area contributed by atoms with Crippen molar-refractivity contribution in [3.05, 3.63) is 105 Å². The van der Waals surface area contributed by atoms with Crippen molar-refractivity contribution >= 4 is 11.6 Å². The van der Waals surface area contributed by atoms with Crippen LogP contribution in [0.2, 0.25) is 0 Å². The van der Waals surface area contributed by atoms with Crippen molar-refractivity contribution in [3.63, 3.8) is 0 Å². The van der Waals surface area contributed by atoms with Gasteiger partial charge in [0.2, 0.25) is 0 Å². The SMILES string of the molecule is COc1cc(-c2cccc(-c3cccc(NC(=O)c4cccn(C)c4=O)c3C)c2)c(C)c(F)c1CN. The van der Waals surface area contributed by atoms with Crippen molar-refractivity contribution < 1.29 is 13.9 Å². The highest BCUT2D eigenvalue weighted by Gasteiger charge is 2.18. The number of anilines is 1. The Balaban J connectivity index is 1.73. The second kappa shape index (κ2) is 10.2.